The molecule has 1 saturated carbocycles. The fourth-order valence-corrected chi connectivity index (χ4v) is 3.29. The third kappa shape index (κ3) is 2.36. The van der Waals surface area contributed by atoms with E-state index in [2.05, 4.69) is 27.1 Å². The summed E-state index contributed by atoms with van der Waals surface area (Å²) in [4.78, 5) is 0. The maximum absolute atomic E-state index is 9.37. The molecule has 0 saturated heterocycles. The summed E-state index contributed by atoms with van der Waals surface area (Å²) in [5, 5.41) is 14.4. The van der Waals surface area contributed by atoms with E-state index in [9.17, 15) is 5.26 Å². The van der Waals surface area contributed by atoms with E-state index in [-0.39, 0.29) is 0 Å². The van der Waals surface area contributed by atoms with E-state index in [0.29, 0.717) is 16.6 Å². The molecule has 3 rings (SSSR count). The van der Waals surface area contributed by atoms with Crippen LogP contribution < -0.4 is 0 Å². The molecule has 1 aromatic heterocycles. The molecule has 102 valence electrons. The molecule has 1 aromatic carbocycles. The lowest BCUT2D eigenvalue weighted by Crippen LogP contribution is -1.99. The van der Waals surface area contributed by atoms with Crippen molar-refractivity contribution in [2.24, 2.45) is 0 Å². The molecule has 1 heterocycles. The Bertz CT molecular complexity index is 664. The Morgan fingerprint density at radius 3 is 2.50 bits per heavy atom. The van der Waals surface area contributed by atoms with Gasteiger partial charge in [0.2, 0.25) is 0 Å². The third-order valence-electron chi connectivity index (χ3n) is 3.78. The minimum atomic E-state index is 0.374. The number of hydrogen-bond donors (Lipinski definition) is 0. The number of nitrogens with zero attached hydrogens (tertiary/aromatic N) is 3. The smallest absolute Gasteiger partial charge is 0.150 e. The molecule has 5 heteroatoms. The molecule has 0 N–H and O–H groups in total. The number of nitriles is 1. The highest BCUT2D eigenvalue weighted by Crippen LogP contribution is 2.37. The van der Waals surface area contributed by atoms with Crippen molar-refractivity contribution in [3.8, 4) is 11.8 Å². The fraction of sp³-hybridized carbons (Fsp3) is 0.333. The largest absolute Gasteiger partial charge is 0.221 e. The van der Waals surface area contributed by atoms with Gasteiger partial charge < -0.3 is 0 Å². The van der Waals surface area contributed by atoms with Crippen molar-refractivity contribution < 1.29 is 0 Å². The zero-order valence-electron chi connectivity index (χ0n) is 10.8. The summed E-state index contributed by atoms with van der Waals surface area (Å²) < 4.78 is 2.67. The highest BCUT2D eigenvalue weighted by atomic mass is 79.9. The van der Waals surface area contributed by atoms with Crippen LogP contribution in [0.1, 0.15) is 42.9 Å². The van der Waals surface area contributed by atoms with Gasteiger partial charge in [0.25, 0.3) is 0 Å². The van der Waals surface area contributed by atoms with Crippen molar-refractivity contribution in [2.75, 3.05) is 0 Å². The van der Waals surface area contributed by atoms with Crippen molar-refractivity contribution >= 4 is 27.5 Å². The predicted molar refractivity (Wildman–Crippen MR) is 82.2 cm³/mol. The number of rotatable bonds is 2. The van der Waals surface area contributed by atoms with Gasteiger partial charge in [-0.15, -0.1) is 0 Å². The number of benzene rings is 1. The summed E-state index contributed by atoms with van der Waals surface area (Å²) in [6.45, 7) is 0. The van der Waals surface area contributed by atoms with Crippen molar-refractivity contribution in [1.29, 1.82) is 5.26 Å². The maximum Gasteiger partial charge on any atom is 0.150 e. The van der Waals surface area contributed by atoms with E-state index >= 15 is 0 Å². The van der Waals surface area contributed by atoms with E-state index in [4.69, 9.17) is 11.6 Å². The summed E-state index contributed by atoms with van der Waals surface area (Å²) >= 11 is 9.76. The Balaban J connectivity index is 2.08. The van der Waals surface area contributed by atoms with Crippen LogP contribution in [0.25, 0.3) is 5.69 Å². The quantitative estimate of drug-likeness (QED) is 0.779. The first kappa shape index (κ1) is 13.7. The zero-order chi connectivity index (χ0) is 14.1. The van der Waals surface area contributed by atoms with Gasteiger partial charge in [-0.3, -0.25) is 0 Å². The monoisotopic (exact) mass is 349 g/mol. The van der Waals surface area contributed by atoms with Crippen LogP contribution in [0.15, 0.2) is 28.7 Å². The Labute approximate surface area is 131 Å². The van der Waals surface area contributed by atoms with Crippen LogP contribution in [0.2, 0.25) is 5.15 Å². The summed E-state index contributed by atoms with van der Waals surface area (Å²) in [5.74, 6) is 0.374. The minimum absolute atomic E-state index is 0.374. The van der Waals surface area contributed by atoms with Gasteiger partial charge in [0.1, 0.15) is 11.6 Å². The second-order valence-corrected chi connectivity index (χ2v) is 6.31. The molecule has 0 amide bonds. The SMILES string of the molecule is N#Cc1c(C2CCCC2)nn(-c2ccc(Br)cc2)c1Cl. The molecule has 0 unspecified atom stereocenters. The van der Waals surface area contributed by atoms with E-state index in [1.165, 1.54) is 12.8 Å². The topological polar surface area (TPSA) is 41.6 Å². The molecule has 1 fully saturated rings. The zero-order valence-corrected chi connectivity index (χ0v) is 13.2. The first-order chi connectivity index (χ1) is 9.70. The summed E-state index contributed by atoms with van der Waals surface area (Å²) in [6, 6.07) is 9.96. The molecule has 1 aliphatic rings. The molecule has 2 aromatic rings. The second kappa shape index (κ2) is 5.59. The van der Waals surface area contributed by atoms with Crippen LogP contribution in [0, 0.1) is 11.3 Å². The molecule has 0 radical (unpaired) electrons. The average Bonchev–Trinajstić information content (AvgIpc) is 3.07. The first-order valence-corrected chi connectivity index (χ1v) is 7.82. The Kier molecular flexibility index (Phi) is 3.82. The normalized spacial score (nSPS) is 15.4. The average molecular weight is 351 g/mol. The van der Waals surface area contributed by atoms with Crippen molar-refractivity contribution in [3.05, 3.63) is 45.1 Å². The van der Waals surface area contributed by atoms with E-state index in [1.807, 2.05) is 24.3 Å². The van der Waals surface area contributed by atoms with Crippen LogP contribution in [0.5, 0.6) is 0 Å². The van der Waals surface area contributed by atoms with Crippen molar-refractivity contribution in [1.82, 2.24) is 9.78 Å². The summed E-state index contributed by atoms with van der Waals surface area (Å²) in [6.07, 6.45) is 4.61. The highest BCUT2D eigenvalue weighted by molar-refractivity contribution is 9.10. The summed E-state index contributed by atoms with van der Waals surface area (Å²) in [7, 11) is 0. The first-order valence-electron chi connectivity index (χ1n) is 6.65. The van der Waals surface area contributed by atoms with Crippen LogP contribution >= 0.6 is 27.5 Å². The Hall–Kier alpha value is -1.31. The molecule has 0 aliphatic heterocycles. The van der Waals surface area contributed by atoms with Gasteiger partial charge in [-0.1, -0.05) is 40.4 Å². The molecule has 1 aliphatic carbocycles. The third-order valence-corrected chi connectivity index (χ3v) is 4.66. The summed E-state index contributed by atoms with van der Waals surface area (Å²) in [5.41, 5.74) is 2.26. The van der Waals surface area contributed by atoms with Gasteiger partial charge >= 0.3 is 0 Å². The minimum Gasteiger partial charge on any atom is -0.221 e. The van der Waals surface area contributed by atoms with Gasteiger partial charge in [0.05, 0.1) is 11.4 Å². The van der Waals surface area contributed by atoms with Crippen molar-refractivity contribution in [3.63, 3.8) is 0 Å². The maximum atomic E-state index is 9.37. The standard InChI is InChI=1S/C15H13BrClN3/c16-11-5-7-12(8-6-11)20-15(17)13(9-18)14(19-20)10-3-1-2-4-10/h5-8,10H,1-4H2. The van der Waals surface area contributed by atoms with E-state index < -0.39 is 0 Å². The molecule has 20 heavy (non-hydrogen) atoms. The lowest BCUT2D eigenvalue weighted by molar-refractivity contribution is 0.677. The molecule has 0 spiro atoms. The van der Waals surface area contributed by atoms with Crippen LogP contribution in [0.3, 0.4) is 0 Å². The molecule has 0 bridgehead atoms. The van der Waals surface area contributed by atoms with Crippen LogP contribution in [-0.2, 0) is 0 Å². The molecular weight excluding hydrogens is 338 g/mol. The van der Waals surface area contributed by atoms with Gasteiger partial charge in [0.15, 0.2) is 5.15 Å². The van der Waals surface area contributed by atoms with Gasteiger partial charge in [-0.05, 0) is 37.1 Å². The van der Waals surface area contributed by atoms with E-state index in [0.717, 1.165) is 28.7 Å². The second-order valence-electron chi connectivity index (χ2n) is 5.03. The van der Waals surface area contributed by atoms with Gasteiger partial charge in [-0.25, -0.2) is 4.68 Å². The lowest BCUT2D eigenvalue weighted by atomic mass is 10.0. The van der Waals surface area contributed by atoms with Gasteiger partial charge in [0, 0.05) is 10.4 Å². The van der Waals surface area contributed by atoms with Crippen LogP contribution in [-0.4, -0.2) is 9.78 Å². The Morgan fingerprint density at radius 1 is 1.25 bits per heavy atom. The Morgan fingerprint density at radius 2 is 1.90 bits per heavy atom. The number of halogens is 2. The molecule has 0 atom stereocenters. The predicted octanol–water partition coefficient (Wildman–Crippen LogP) is 4.82. The van der Waals surface area contributed by atoms with E-state index in [1.54, 1.807) is 4.68 Å². The molecular formula is C15H13BrClN3. The lowest BCUT2D eigenvalue weighted by Gasteiger charge is -2.05. The van der Waals surface area contributed by atoms with Crippen molar-refractivity contribution in [2.45, 2.75) is 31.6 Å². The van der Waals surface area contributed by atoms with Gasteiger partial charge in [-0.2, -0.15) is 10.4 Å². The molecule has 3 nitrogen and oxygen atoms in total. The fourth-order valence-electron chi connectivity index (χ4n) is 2.76. The van der Waals surface area contributed by atoms with Crippen LogP contribution in [0.4, 0.5) is 0 Å². The highest BCUT2D eigenvalue weighted by Gasteiger charge is 2.26. The number of hydrogen-bond acceptors (Lipinski definition) is 2. The number of aromatic nitrogens is 2.